The predicted molar refractivity (Wildman–Crippen MR) is 58.3 cm³/mol. The largest absolute Gasteiger partial charge is 0.312 e. The molecule has 0 aromatic rings. The van der Waals surface area contributed by atoms with Gasteiger partial charge in [-0.15, -0.1) is 0 Å². The number of nitrogens with one attached hydrogen (secondary N) is 2. The molecule has 80 valence electrons. The van der Waals surface area contributed by atoms with Crippen LogP contribution in [-0.2, 0) is 0 Å². The molecule has 4 atom stereocenters. The summed E-state index contributed by atoms with van der Waals surface area (Å²) in [4.78, 5) is 0. The Bertz CT molecular complexity index is 182. The van der Waals surface area contributed by atoms with E-state index in [1.165, 1.54) is 51.6 Å². The Morgan fingerprint density at radius 2 is 1.14 bits per heavy atom. The summed E-state index contributed by atoms with van der Waals surface area (Å²) in [5.41, 5.74) is 0. The number of hydrogen-bond acceptors (Lipinski definition) is 2. The topological polar surface area (TPSA) is 24.1 Å². The van der Waals surface area contributed by atoms with Crippen LogP contribution in [0.2, 0.25) is 0 Å². The molecule has 2 nitrogen and oxygen atoms in total. The molecule has 0 radical (unpaired) electrons. The van der Waals surface area contributed by atoms with Crippen LogP contribution in [-0.4, -0.2) is 25.2 Å². The van der Waals surface area contributed by atoms with Gasteiger partial charge in [0.05, 0.1) is 0 Å². The highest BCUT2D eigenvalue weighted by Crippen LogP contribution is 2.37. The number of piperidine rings is 2. The zero-order valence-corrected chi connectivity index (χ0v) is 8.97. The molecule has 0 amide bonds. The first kappa shape index (κ1) is 9.17. The van der Waals surface area contributed by atoms with Gasteiger partial charge >= 0.3 is 0 Å². The molecule has 0 spiro atoms. The monoisotopic (exact) mass is 194 g/mol. The molecule has 2 N–H and O–H groups in total. The molecule has 3 unspecified atom stereocenters. The van der Waals surface area contributed by atoms with Crippen LogP contribution in [0.5, 0.6) is 0 Å². The summed E-state index contributed by atoms with van der Waals surface area (Å²) in [6, 6.07) is 1.62. The first-order valence-corrected chi connectivity index (χ1v) is 6.42. The summed E-state index contributed by atoms with van der Waals surface area (Å²) in [5.74, 6) is 1.96. The van der Waals surface area contributed by atoms with Gasteiger partial charge in [0.15, 0.2) is 0 Å². The molecular weight excluding hydrogens is 172 g/mol. The van der Waals surface area contributed by atoms with Crippen LogP contribution >= 0.6 is 0 Å². The van der Waals surface area contributed by atoms with E-state index in [0.717, 1.165) is 23.9 Å². The van der Waals surface area contributed by atoms with Gasteiger partial charge in [-0.25, -0.2) is 0 Å². The van der Waals surface area contributed by atoms with E-state index in [9.17, 15) is 0 Å². The SMILES string of the molecule is C1CNC2C(C1)CC[C@@H]1CCCNC21. The third-order valence-corrected chi connectivity index (χ3v) is 4.57. The van der Waals surface area contributed by atoms with Gasteiger partial charge in [-0.05, 0) is 63.5 Å². The maximum atomic E-state index is 3.76. The van der Waals surface area contributed by atoms with Crippen molar-refractivity contribution in [2.45, 2.75) is 50.6 Å². The van der Waals surface area contributed by atoms with Crippen LogP contribution in [0.1, 0.15) is 38.5 Å². The van der Waals surface area contributed by atoms with E-state index in [1.54, 1.807) is 0 Å². The fraction of sp³-hybridized carbons (Fsp3) is 1.00. The van der Waals surface area contributed by atoms with Gasteiger partial charge in [0.1, 0.15) is 0 Å². The molecule has 14 heavy (non-hydrogen) atoms. The molecule has 2 aliphatic heterocycles. The van der Waals surface area contributed by atoms with Gasteiger partial charge < -0.3 is 10.6 Å². The number of rotatable bonds is 0. The lowest BCUT2D eigenvalue weighted by atomic mass is 9.69. The Morgan fingerprint density at radius 3 is 1.64 bits per heavy atom. The third-order valence-electron chi connectivity index (χ3n) is 4.57. The second kappa shape index (κ2) is 3.82. The Labute approximate surface area is 86.8 Å². The van der Waals surface area contributed by atoms with Crippen LogP contribution < -0.4 is 10.6 Å². The van der Waals surface area contributed by atoms with E-state index in [-0.39, 0.29) is 0 Å². The molecule has 3 fully saturated rings. The van der Waals surface area contributed by atoms with Crippen molar-refractivity contribution in [2.75, 3.05) is 13.1 Å². The van der Waals surface area contributed by atoms with Gasteiger partial charge in [-0.3, -0.25) is 0 Å². The summed E-state index contributed by atoms with van der Waals surface area (Å²) in [6.45, 7) is 2.51. The smallest absolute Gasteiger partial charge is 0.0252 e. The predicted octanol–water partition coefficient (Wildman–Crippen LogP) is 1.52. The van der Waals surface area contributed by atoms with Gasteiger partial charge in [0, 0.05) is 12.1 Å². The standard InChI is InChI=1S/C12H22N2/c1-3-9-5-6-10-4-2-8-14-12(10)11(9)13-7-1/h9-14H,1-8H2/t9-,10?,11?,12?/m0/s1. The second-order valence-electron chi connectivity index (χ2n) is 5.34. The zero-order valence-electron chi connectivity index (χ0n) is 8.97. The Kier molecular flexibility index (Phi) is 2.50. The summed E-state index contributed by atoms with van der Waals surface area (Å²) < 4.78 is 0. The van der Waals surface area contributed by atoms with E-state index in [2.05, 4.69) is 10.6 Å². The lowest BCUT2D eigenvalue weighted by Gasteiger charge is -2.48. The second-order valence-corrected chi connectivity index (χ2v) is 5.34. The summed E-state index contributed by atoms with van der Waals surface area (Å²) in [7, 11) is 0. The minimum absolute atomic E-state index is 0.808. The molecule has 0 aromatic carbocycles. The van der Waals surface area contributed by atoms with E-state index in [1.807, 2.05) is 0 Å². The highest BCUT2D eigenvalue weighted by atomic mass is 15.1. The zero-order chi connectivity index (χ0) is 9.38. The van der Waals surface area contributed by atoms with Gasteiger partial charge in [-0.1, -0.05) is 0 Å². The van der Waals surface area contributed by atoms with Crippen molar-refractivity contribution in [2.24, 2.45) is 11.8 Å². The van der Waals surface area contributed by atoms with Gasteiger partial charge in [-0.2, -0.15) is 0 Å². The van der Waals surface area contributed by atoms with Crippen LogP contribution in [0.4, 0.5) is 0 Å². The number of hydrogen-bond donors (Lipinski definition) is 2. The van der Waals surface area contributed by atoms with Crippen LogP contribution in [0.15, 0.2) is 0 Å². The molecule has 2 heterocycles. The quantitative estimate of drug-likeness (QED) is 0.611. The first-order chi connectivity index (χ1) is 6.95. The van der Waals surface area contributed by atoms with Gasteiger partial charge in [0.25, 0.3) is 0 Å². The van der Waals surface area contributed by atoms with Crippen molar-refractivity contribution >= 4 is 0 Å². The highest BCUT2D eigenvalue weighted by Gasteiger charge is 2.40. The summed E-state index contributed by atoms with van der Waals surface area (Å²) in [6.07, 6.45) is 8.73. The molecule has 3 rings (SSSR count). The average molecular weight is 194 g/mol. The maximum Gasteiger partial charge on any atom is 0.0252 e. The van der Waals surface area contributed by atoms with Gasteiger partial charge in [0.2, 0.25) is 0 Å². The van der Waals surface area contributed by atoms with E-state index >= 15 is 0 Å². The fourth-order valence-corrected chi connectivity index (χ4v) is 3.87. The maximum absolute atomic E-state index is 3.76. The molecule has 0 aromatic heterocycles. The average Bonchev–Trinajstić information content (AvgIpc) is 2.29. The Balaban J connectivity index is 1.74. The minimum Gasteiger partial charge on any atom is -0.312 e. The first-order valence-electron chi connectivity index (χ1n) is 6.42. The minimum atomic E-state index is 0.808. The van der Waals surface area contributed by atoms with Crippen molar-refractivity contribution in [1.82, 2.24) is 10.6 Å². The Hall–Kier alpha value is -0.0800. The molecular formula is C12H22N2. The molecule has 2 heteroatoms. The van der Waals surface area contributed by atoms with Crippen LogP contribution in [0.25, 0.3) is 0 Å². The third kappa shape index (κ3) is 1.49. The molecule has 2 saturated heterocycles. The van der Waals surface area contributed by atoms with E-state index in [4.69, 9.17) is 0 Å². The molecule has 3 aliphatic rings. The Morgan fingerprint density at radius 1 is 0.643 bits per heavy atom. The van der Waals surface area contributed by atoms with E-state index in [0.29, 0.717) is 0 Å². The molecule has 1 saturated carbocycles. The summed E-state index contributed by atoms with van der Waals surface area (Å²) >= 11 is 0. The highest BCUT2D eigenvalue weighted by molar-refractivity contribution is 4.99. The van der Waals surface area contributed by atoms with Crippen molar-refractivity contribution < 1.29 is 0 Å². The lowest BCUT2D eigenvalue weighted by molar-refractivity contribution is 0.0951. The van der Waals surface area contributed by atoms with Crippen LogP contribution in [0.3, 0.4) is 0 Å². The fourth-order valence-electron chi connectivity index (χ4n) is 3.87. The van der Waals surface area contributed by atoms with Crippen molar-refractivity contribution in [3.05, 3.63) is 0 Å². The molecule has 0 bridgehead atoms. The van der Waals surface area contributed by atoms with Crippen molar-refractivity contribution in [1.29, 1.82) is 0 Å². The van der Waals surface area contributed by atoms with E-state index < -0.39 is 0 Å². The summed E-state index contributed by atoms with van der Waals surface area (Å²) in [5, 5.41) is 7.52. The van der Waals surface area contributed by atoms with Crippen LogP contribution in [0, 0.1) is 11.8 Å². The number of fused-ring (bicyclic) bond motifs is 3. The normalized spacial score (nSPS) is 48.0. The van der Waals surface area contributed by atoms with Crippen molar-refractivity contribution in [3.63, 3.8) is 0 Å². The van der Waals surface area contributed by atoms with Crippen molar-refractivity contribution in [3.8, 4) is 0 Å². The lowest BCUT2D eigenvalue weighted by Crippen LogP contribution is -2.61. The molecule has 1 aliphatic carbocycles.